The molecule has 0 aromatic carbocycles. The first-order chi connectivity index (χ1) is 27.0. The molecule has 0 radical (unpaired) electrons. The van der Waals surface area contributed by atoms with Crippen LogP contribution in [0.4, 0.5) is 0 Å². The summed E-state index contributed by atoms with van der Waals surface area (Å²) in [6.45, 7) is 4.75. The van der Waals surface area contributed by atoms with Gasteiger partial charge in [-0.25, -0.2) is 0 Å². The summed E-state index contributed by atoms with van der Waals surface area (Å²) in [5.41, 5.74) is 0. The first kappa shape index (κ1) is 52.6. The number of allylic oxidation sites excluding steroid dienone is 9. The Morgan fingerprint density at radius 2 is 0.945 bits per heavy atom. The van der Waals surface area contributed by atoms with E-state index in [1.54, 1.807) is 6.08 Å². The van der Waals surface area contributed by atoms with Crippen LogP contribution < -0.4 is 5.32 Å². The molecular formula is C49H87NO5. The van der Waals surface area contributed by atoms with Crippen molar-refractivity contribution in [2.75, 3.05) is 13.2 Å². The lowest BCUT2D eigenvalue weighted by Crippen LogP contribution is -2.45. The Bertz CT molecular complexity index is 984. The standard InChI is InChI=1S/C49H87NO5/c1-3-5-7-9-11-13-15-16-19-23-27-31-35-39-43-49(54)55-44-40-36-32-28-24-20-17-18-22-26-30-34-38-42-48(53)50-46(45-51)47(52)41-37-33-29-25-21-14-12-10-8-6-4-2/h9,11,15-16,18,22,30,34,37,41,46-47,51-52H,3-8,10,12-14,17,19-21,23-29,31-33,35-36,38-40,42-45H2,1-2H3,(H,50,53)/b11-9-,16-15-,22-18-,34-30-,41-37+. The number of unbranched alkanes of at least 4 members (excludes halogenated alkanes) is 22. The van der Waals surface area contributed by atoms with Crippen molar-refractivity contribution in [3.05, 3.63) is 60.8 Å². The largest absolute Gasteiger partial charge is 0.466 e. The van der Waals surface area contributed by atoms with Crippen LogP contribution in [-0.4, -0.2) is 47.4 Å². The van der Waals surface area contributed by atoms with Crippen molar-refractivity contribution >= 4 is 11.9 Å². The summed E-state index contributed by atoms with van der Waals surface area (Å²) >= 11 is 0. The van der Waals surface area contributed by atoms with Gasteiger partial charge < -0.3 is 20.3 Å². The molecule has 0 aliphatic rings. The van der Waals surface area contributed by atoms with Crippen LogP contribution in [-0.2, 0) is 14.3 Å². The van der Waals surface area contributed by atoms with Gasteiger partial charge in [0.25, 0.3) is 0 Å². The molecule has 0 aromatic heterocycles. The number of nitrogens with one attached hydrogen (secondary N) is 1. The average molecular weight is 770 g/mol. The van der Waals surface area contributed by atoms with Gasteiger partial charge >= 0.3 is 5.97 Å². The molecule has 1 amide bonds. The van der Waals surface area contributed by atoms with E-state index in [1.807, 2.05) is 12.2 Å². The summed E-state index contributed by atoms with van der Waals surface area (Å²) in [5.74, 6) is -0.188. The van der Waals surface area contributed by atoms with Gasteiger partial charge in [-0.15, -0.1) is 0 Å². The fraction of sp³-hybridized carbons (Fsp3) is 0.755. The lowest BCUT2D eigenvalue weighted by atomic mass is 10.1. The Kier molecular flexibility index (Phi) is 42.3. The molecule has 0 saturated carbocycles. The van der Waals surface area contributed by atoms with Crippen LogP contribution in [0, 0.1) is 0 Å². The quantitative estimate of drug-likeness (QED) is 0.0327. The average Bonchev–Trinajstić information content (AvgIpc) is 3.18. The first-order valence-electron chi connectivity index (χ1n) is 23.1. The van der Waals surface area contributed by atoms with Crippen molar-refractivity contribution in [1.82, 2.24) is 5.32 Å². The van der Waals surface area contributed by atoms with Gasteiger partial charge in [0.05, 0.1) is 25.4 Å². The zero-order valence-electron chi connectivity index (χ0n) is 35.9. The number of hydrogen-bond donors (Lipinski definition) is 3. The van der Waals surface area contributed by atoms with Crippen LogP contribution in [0.3, 0.4) is 0 Å². The number of hydrogen-bond acceptors (Lipinski definition) is 5. The molecule has 0 aromatic rings. The Labute approximate surface area is 339 Å². The summed E-state index contributed by atoms with van der Waals surface area (Å²) in [6.07, 6.45) is 55.0. The summed E-state index contributed by atoms with van der Waals surface area (Å²) < 4.78 is 5.43. The van der Waals surface area contributed by atoms with E-state index in [4.69, 9.17) is 4.74 Å². The zero-order valence-corrected chi connectivity index (χ0v) is 35.9. The summed E-state index contributed by atoms with van der Waals surface area (Å²) in [7, 11) is 0. The lowest BCUT2D eigenvalue weighted by Gasteiger charge is -2.19. The highest BCUT2D eigenvalue weighted by Gasteiger charge is 2.17. The van der Waals surface area contributed by atoms with E-state index in [1.165, 1.54) is 116 Å². The van der Waals surface area contributed by atoms with Crippen LogP contribution in [0.5, 0.6) is 0 Å². The molecule has 0 aliphatic carbocycles. The van der Waals surface area contributed by atoms with Gasteiger partial charge in [-0.05, 0) is 77.0 Å². The molecule has 0 rings (SSSR count). The Morgan fingerprint density at radius 3 is 1.47 bits per heavy atom. The monoisotopic (exact) mass is 770 g/mol. The number of esters is 1. The van der Waals surface area contributed by atoms with Crippen molar-refractivity contribution in [3.8, 4) is 0 Å². The fourth-order valence-electron chi connectivity index (χ4n) is 6.40. The third kappa shape index (κ3) is 41.0. The Balaban J connectivity index is 3.61. The number of rotatable bonds is 41. The second kappa shape index (κ2) is 44.3. The number of carbonyl (C=O) groups excluding carboxylic acids is 2. The van der Waals surface area contributed by atoms with Crippen molar-refractivity contribution in [2.24, 2.45) is 0 Å². The van der Waals surface area contributed by atoms with Crippen molar-refractivity contribution < 1.29 is 24.5 Å². The smallest absolute Gasteiger partial charge is 0.305 e. The van der Waals surface area contributed by atoms with Gasteiger partial charge in [0.15, 0.2) is 0 Å². The maximum absolute atomic E-state index is 12.3. The normalized spacial score (nSPS) is 13.3. The number of aliphatic hydroxyl groups excluding tert-OH is 2. The maximum Gasteiger partial charge on any atom is 0.305 e. The Hall–Kier alpha value is -2.44. The highest BCUT2D eigenvalue weighted by Crippen LogP contribution is 2.13. The predicted molar refractivity (Wildman–Crippen MR) is 236 cm³/mol. The molecule has 55 heavy (non-hydrogen) atoms. The Morgan fingerprint density at radius 1 is 0.509 bits per heavy atom. The van der Waals surface area contributed by atoms with Crippen LogP contribution >= 0.6 is 0 Å². The molecule has 0 spiro atoms. The second-order valence-corrected chi connectivity index (χ2v) is 15.4. The van der Waals surface area contributed by atoms with Crippen molar-refractivity contribution in [3.63, 3.8) is 0 Å². The van der Waals surface area contributed by atoms with E-state index in [2.05, 4.69) is 61.7 Å². The van der Waals surface area contributed by atoms with Crippen LogP contribution in [0.25, 0.3) is 0 Å². The molecule has 6 nitrogen and oxygen atoms in total. The van der Waals surface area contributed by atoms with E-state index >= 15 is 0 Å². The van der Waals surface area contributed by atoms with E-state index in [9.17, 15) is 19.8 Å². The molecule has 0 aliphatic heterocycles. The number of ether oxygens (including phenoxy) is 1. The van der Waals surface area contributed by atoms with Gasteiger partial charge in [0.2, 0.25) is 5.91 Å². The molecule has 0 bridgehead atoms. The van der Waals surface area contributed by atoms with Gasteiger partial charge in [-0.1, -0.05) is 184 Å². The van der Waals surface area contributed by atoms with E-state index in [-0.39, 0.29) is 18.5 Å². The highest BCUT2D eigenvalue weighted by atomic mass is 16.5. The third-order valence-electron chi connectivity index (χ3n) is 10.0. The minimum absolute atomic E-state index is 0.0350. The molecule has 0 fully saturated rings. The lowest BCUT2D eigenvalue weighted by molar-refractivity contribution is -0.143. The highest BCUT2D eigenvalue weighted by molar-refractivity contribution is 5.76. The molecule has 3 N–H and O–H groups in total. The van der Waals surface area contributed by atoms with Crippen molar-refractivity contribution in [1.29, 1.82) is 0 Å². The van der Waals surface area contributed by atoms with Gasteiger partial charge in [-0.2, -0.15) is 0 Å². The number of amides is 1. The van der Waals surface area contributed by atoms with Gasteiger partial charge in [-0.3, -0.25) is 9.59 Å². The van der Waals surface area contributed by atoms with E-state index in [0.717, 1.165) is 64.2 Å². The van der Waals surface area contributed by atoms with Crippen LogP contribution in [0.2, 0.25) is 0 Å². The summed E-state index contributed by atoms with van der Waals surface area (Å²) in [4.78, 5) is 24.3. The van der Waals surface area contributed by atoms with Gasteiger partial charge in [0, 0.05) is 12.8 Å². The molecule has 0 saturated heterocycles. The van der Waals surface area contributed by atoms with E-state index in [0.29, 0.717) is 25.9 Å². The molecular weight excluding hydrogens is 683 g/mol. The topological polar surface area (TPSA) is 95.9 Å². The third-order valence-corrected chi connectivity index (χ3v) is 10.0. The molecule has 0 heterocycles. The van der Waals surface area contributed by atoms with Crippen molar-refractivity contribution in [2.45, 2.75) is 225 Å². The molecule has 2 atom stereocenters. The minimum Gasteiger partial charge on any atom is -0.466 e. The minimum atomic E-state index is -0.879. The van der Waals surface area contributed by atoms with Crippen LogP contribution in [0.1, 0.15) is 213 Å². The van der Waals surface area contributed by atoms with Gasteiger partial charge in [0.1, 0.15) is 0 Å². The van der Waals surface area contributed by atoms with Crippen LogP contribution in [0.15, 0.2) is 60.8 Å². The molecule has 2 unspecified atom stereocenters. The molecule has 318 valence electrons. The number of carbonyl (C=O) groups is 2. The molecule has 6 heteroatoms. The van der Waals surface area contributed by atoms with E-state index < -0.39 is 12.1 Å². The summed E-state index contributed by atoms with van der Waals surface area (Å²) in [5, 5.41) is 22.8. The number of aliphatic hydroxyl groups is 2. The fourth-order valence-corrected chi connectivity index (χ4v) is 6.40. The predicted octanol–water partition coefficient (Wildman–Crippen LogP) is 13.3. The maximum atomic E-state index is 12.3. The second-order valence-electron chi connectivity index (χ2n) is 15.4. The zero-order chi connectivity index (χ0) is 40.1. The first-order valence-corrected chi connectivity index (χ1v) is 23.1. The SMILES string of the molecule is CCCC/C=C\C/C=C\CCCCCCCC(=O)OCCCCCCCC/C=C\C/C=C\CCC(=O)NC(CO)C(O)/C=C/CCCCCCCCCCC. The summed E-state index contributed by atoms with van der Waals surface area (Å²) in [6, 6.07) is -0.672.